The third-order valence-corrected chi connectivity index (χ3v) is 5.38. The molecule has 0 saturated carbocycles. The Balaban J connectivity index is 1.43. The molecule has 2 saturated heterocycles. The Morgan fingerprint density at radius 2 is 1.87 bits per heavy atom. The Morgan fingerprint density at radius 3 is 2.57 bits per heavy atom. The molecule has 0 spiro atoms. The van der Waals surface area contributed by atoms with Crippen molar-refractivity contribution < 1.29 is 0 Å². The maximum Gasteiger partial charge on any atom is 0.148 e. The monoisotopic (exact) mass is 328 g/mol. The van der Waals surface area contributed by atoms with Crippen LogP contribution in [0, 0.1) is 0 Å². The van der Waals surface area contributed by atoms with Crippen LogP contribution in [-0.4, -0.2) is 33.0 Å². The van der Waals surface area contributed by atoms with Gasteiger partial charge in [-0.05, 0) is 31.2 Å². The lowest BCUT2D eigenvalue weighted by atomic mass is 9.96. The second kappa shape index (κ2) is 6.46. The van der Waals surface area contributed by atoms with Crippen LogP contribution in [0.5, 0.6) is 0 Å². The van der Waals surface area contributed by atoms with E-state index in [9.17, 15) is 0 Å². The number of rotatable bonds is 4. The molecule has 2 fully saturated rings. The van der Waals surface area contributed by atoms with Crippen molar-refractivity contribution in [1.29, 1.82) is 0 Å². The summed E-state index contributed by atoms with van der Waals surface area (Å²) in [5.41, 5.74) is 1.41. The van der Waals surface area contributed by atoms with Gasteiger partial charge in [0.1, 0.15) is 17.2 Å². The first kappa shape index (κ1) is 14.9. The number of nitrogens with zero attached hydrogens (tertiary/aromatic N) is 3. The molecule has 2 aliphatic rings. The maximum absolute atomic E-state index is 6.17. The van der Waals surface area contributed by atoms with Crippen molar-refractivity contribution >= 4 is 17.4 Å². The fourth-order valence-corrected chi connectivity index (χ4v) is 4.22. The molecule has 0 radical (unpaired) electrons. The smallest absolute Gasteiger partial charge is 0.148 e. The van der Waals surface area contributed by atoms with Crippen molar-refractivity contribution in [3.63, 3.8) is 0 Å². The normalized spacial score (nSPS) is 27.1. The summed E-state index contributed by atoms with van der Waals surface area (Å²) < 4.78 is 0. The quantitative estimate of drug-likeness (QED) is 0.928. The van der Waals surface area contributed by atoms with Gasteiger partial charge >= 0.3 is 0 Å². The van der Waals surface area contributed by atoms with E-state index in [2.05, 4.69) is 50.5 Å². The van der Waals surface area contributed by atoms with Gasteiger partial charge in [0.2, 0.25) is 0 Å². The Morgan fingerprint density at radius 1 is 1.13 bits per heavy atom. The van der Waals surface area contributed by atoms with Crippen LogP contribution in [0.25, 0.3) is 0 Å². The average Bonchev–Trinajstić information content (AvgIpc) is 2.81. The molecule has 1 N–H and O–H groups in total. The number of aromatic nitrogens is 2. The number of fused-ring (bicyclic) bond motifs is 2. The van der Waals surface area contributed by atoms with Crippen LogP contribution < -0.4 is 5.32 Å². The first-order valence-electron chi connectivity index (χ1n) is 8.31. The molecule has 5 heteroatoms. The van der Waals surface area contributed by atoms with E-state index >= 15 is 0 Å². The minimum atomic E-state index is 0.451. The van der Waals surface area contributed by atoms with Gasteiger partial charge in [0.25, 0.3) is 0 Å². The molecule has 4 rings (SSSR count). The summed E-state index contributed by atoms with van der Waals surface area (Å²) in [7, 11) is 0. The van der Waals surface area contributed by atoms with Crippen LogP contribution in [0.1, 0.15) is 31.2 Å². The van der Waals surface area contributed by atoms with Crippen LogP contribution in [0.3, 0.4) is 0 Å². The molecule has 120 valence electrons. The molecule has 23 heavy (non-hydrogen) atoms. The number of nitrogens with one attached hydrogen (secondary N) is 1. The van der Waals surface area contributed by atoms with Gasteiger partial charge in [0.05, 0.1) is 6.20 Å². The summed E-state index contributed by atoms with van der Waals surface area (Å²) in [6.45, 7) is 1.07. The lowest BCUT2D eigenvalue weighted by Crippen LogP contribution is -2.46. The molecule has 4 nitrogen and oxygen atoms in total. The zero-order valence-electron chi connectivity index (χ0n) is 13.0. The van der Waals surface area contributed by atoms with E-state index in [-0.39, 0.29) is 0 Å². The van der Waals surface area contributed by atoms with Crippen molar-refractivity contribution in [2.45, 2.75) is 50.4 Å². The third kappa shape index (κ3) is 3.19. The van der Waals surface area contributed by atoms with Gasteiger partial charge in [-0.3, -0.25) is 4.90 Å². The van der Waals surface area contributed by atoms with E-state index < -0.39 is 0 Å². The second-order valence-corrected chi connectivity index (χ2v) is 6.98. The van der Waals surface area contributed by atoms with E-state index in [0.29, 0.717) is 23.1 Å². The van der Waals surface area contributed by atoms with Crippen molar-refractivity contribution in [3.8, 4) is 0 Å². The number of hydrogen-bond donors (Lipinski definition) is 1. The van der Waals surface area contributed by atoms with E-state index in [4.69, 9.17) is 11.6 Å². The summed E-state index contributed by atoms with van der Waals surface area (Å²) in [4.78, 5) is 10.9. The van der Waals surface area contributed by atoms with E-state index in [0.717, 1.165) is 25.2 Å². The summed E-state index contributed by atoms with van der Waals surface area (Å²) in [5, 5.41) is 4.13. The first-order chi connectivity index (χ1) is 11.3. The molecule has 2 aromatic rings. The predicted molar refractivity (Wildman–Crippen MR) is 92.5 cm³/mol. The van der Waals surface area contributed by atoms with E-state index in [1.807, 2.05) is 0 Å². The topological polar surface area (TPSA) is 41.1 Å². The Labute approximate surface area is 141 Å². The Kier molecular flexibility index (Phi) is 4.19. The minimum Gasteiger partial charge on any atom is -0.366 e. The van der Waals surface area contributed by atoms with Crippen molar-refractivity contribution in [1.82, 2.24) is 14.9 Å². The molecule has 1 aromatic carbocycles. The van der Waals surface area contributed by atoms with Gasteiger partial charge in [-0.25, -0.2) is 9.97 Å². The number of hydrogen-bond acceptors (Lipinski definition) is 4. The van der Waals surface area contributed by atoms with Crippen molar-refractivity contribution in [2.75, 3.05) is 5.32 Å². The molecular weight excluding hydrogens is 308 g/mol. The second-order valence-electron chi connectivity index (χ2n) is 6.57. The minimum absolute atomic E-state index is 0.451. The molecule has 2 unspecified atom stereocenters. The van der Waals surface area contributed by atoms with Gasteiger partial charge in [0.15, 0.2) is 0 Å². The van der Waals surface area contributed by atoms with Crippen LogP contribution in [0.2, 0.25) is 5.02 Å². The van der Waals surface area contributed by atoms with Gasteiger partial charge in [-0.15, -0.1) is 0 Å². The SMILES string of the molecule is Clc1cncnc1NC1CC2CCC(C1)N2Cc1ccccc1. The fourth-order valence-electron chi connectivity index (χ4n) is 4.06. The fraction of sp³-hybridized carbons (Fsp3) is 0.444. The maximum atomic E-state index is 6.17. The van der Waals surface area contributed by atoms with Crippen molar-refractivity contribution in [3.05, 3.63) is 53.4 Å². The lowest BCUT2D eigenvalue weighted by molar-refractivity contribution is 0.124. The van der Waals surface area contributed by atoms with Gasteiger partial charge in [-0.2, -0.15) is 0 Å². The highest BCUT2D eigenvalue weighted by Crippen LogP contribution is 2.38. The largest absolute Gasteiger partial charge is 0.366 e. The van der Waals surface area contributed by atoms with Crippen molar-refractivity contribution in [2.24, 2.45) is 0 Å². The van der Waals surface area contributed by atoms with Crippen LogP contribution in [0.4, 0.5) is 5.82 Å². The molecule has 0 amide bonds. The van der Waals surface area contributed by atoms with Crippen LogP contribution >= 0.6 is 11.6 Å². The third-order valence-electron chi connectivity index (χ3n) is 5.10. The summed E-state index contributed by atoms with van der Waals surface area (Å²) in [6, 6.07) is 12.6. The van der Waals surface area contributed by atoms with Gasteiger partial charge in [0, 0.05) is 24.7 Å². The summed E-state index contributed by atoms with van der Waals surface area (Å²) in [5.74, 6) is 0.766. The number of anilines is 1. The average molecular weight is 329 g/mol. The van der Waals surface area contributed by atoms with Crippen LogP contribution in [0.15, 0.2) is 42.9 Å². The predicted octanol–water partition coefficient (Wildman–Crippen LogP) is 3.74. The molecule has 1 aromatic heterocycles. The van der Waals surface area contributed by atoms with E-state index in [1.165, 1.54) is 18.4 Å². The zero-order chi connectivity index (χ0) is 15.6. The molecule has 2 atom stereocenters. The lowest BCUT2D eigenvalue weighted by Gasteiger charge is -2.39. The molecule has 3 heterocycles. The Bertz CT molecular complexity index is 649. The number of piperidine rings is 1. The van der Waals surface area contributed by atoms with Gasteiger partial charge in [-0.1, -0.05) is 41.9 Å². The highest BCUT2D eigenvalue weighted by atomic mass is 35.5. The standard InChI is InChI=1S/C18H21ClN4/c19-17-10-20-12-21-18(17)22-14-8-15-6-7-16(9-14)23(15)11-13-4-2-1-3-5-13/h1-5,10,12,14-16H,6-9,11H2,(H,20,21,22). The molecular formula is C18H21ClN4. The Hall–Kier alpha value is -1.65. The summed E-state index contributed by atoms with van der Waals surface area (Å²) in [6.07, 6.45) is 8.11. The first-order valence-corrected chi connectivity index (χ1v) is 8.69. The zero-order valence-corrected chi connectivity index (χ0v) is 13.8. The number of benzene rings is 1. The summed E-state index contributed by atoms with van der Waals surface area (Å²) >= 11 is 6.17. The van der Waals surface area contributed by atoms with Gasteiger partial charge < -0.3 is 5.32 Å². The highest BCUT2D eigenvalue weighted by Gasteiger charge is 2.40. The van der Waals surface area contributed by atoms with Crippen LogP contribution in [-0.2, 0) is 6.54 Å². The highest BCUT2D eigenvalue weighted by molar-refractivity contribution is 6.32. The van der Waals surface area contributed by atoms with E-state index in [1.54, 1.807) is 12.5 Å². The molecule has 0 aliphatic carbocycles. The molecule has 2 aliphatic heterocycles. The molecule has 2 bridgehead atoms. The number of halogens is 1.